The Morgan fingerprint density at radius 3 is 2.29 bits per heavy atom. The number of rotatable bonds is 7. The van der Waals surface area contributed by atoms with Gasteiger partial charge < -0.3 is 10.1 Å². The molecule has 0 aromatic heterocycles. The Labute approximate surface area is 150 Å². The molecule has 0 aliphatic carbocycles. The lowest BCUT2D eigenvalue weighted by atomic mass is 10.2. The molecule has 2 aromatic rings. The van der Waals surface area contributed by atoms with Crippen molar-refractivity contribution in [3.8, 4) is 0 Å². The van der Waals surface area contributed by atoms with Gasteiger partial charge in [-0.15, -0.1) is 0 Å². The second kappa shape index (κ2) is 9.30. The number of halogens is 2. The van der Waals surface area contributed by atoms with Crippen molar-refractivity contribution in [1.29, 1.82) is 0 Å². The molecular weight excluding hydrogens is 349 g/mol. The Morgan fingerprint density at radius 2 is 1.62 bits per heavy atom. The number of amides is 1. The number of carbonyl (C=O) groups is 2. The van der Waals surface area contributed by atoms with E-state index in [-0.39, 0.29) is 18.7 Å². The lowest BCUT2D eigenvalue weighted by Crippen LogP contribution is -2.15. The molecule has 0 aliphatic heterocycles. The standard InChI is InChI=1S/C18H17Cl2NO3/c19-14-10-15(20)12-16(11-14)21-17(22)6-7-18(23)24-9-8-13-4-2-1-3-5-13/h1-5,10-12H,6-9H2,(H,21,22). The van der Waals surface area contributed by atoms with Crippen molar-refractivity contribution in [3.63, 3.8) is 0 Å². The minimum atomic E-state index is -0.398. The van der Waals surface area contributed by atoms with E-state index in [4.69, 9.17) is 27.9 Å². The maximum Gasteiger partial charge on any atom is 0.306 e. The Morgan fingerprint density at radius 1 is 0.958 bits per heavy atom. The summed E-state index contributed by atoms with van der Waals surface area (Å²) in [6.45, 7) is 0.300. The zero-order valence-corrected chi connectivity index (χ0v) is 14.4. The quantitative estimate of drug-likeness (QED) is 0.735. The van der Waals surface area contributed by atoms with Crippen LogP contribution in [-0.4, -0.2) is 18.5 Å². The van der Waals surface area contributed by atoms with Crippen LogP contribution in [0, 0.1) is 0 Å². The molecule has 2 aromatic carbocycles. The molecule has 0 heterocycles. The van der Waals surface area contributed by atoms with Crippen LogP contribution < -0.4 is 5.32 Å². The largest absolute Gasteiger partial charge is 0.465 e. The maximum atomic E-state index is 11.8. The summed E-state index contributed by atoms with van der Waals surface area (Å²) in [7, 11) is 0. The number of ether oxygens (including phenoxy) is 1. The summed E-state index contributed by atoms with van der Waals surface area (Å²) in [5, 5.41) is 3.50. The highest BCUT2D eigenvalue weighted by molar-refractivity contribution is 6.35. The molecule has 0 fully saturated rings. The Hall–Kier alpha value is -2.04. The van der Waals surface area contributed by atoms with E-state index in [1.165, 1.54) is 0 Å². The van der Waals surface area contributed by atoms with E-state index in [1.54, 1.807) is 18.2 Å². The van der Waals surface area contributed by atoms with Crippen molar-refractivity contribution in [2.75, 3.05) is 11.9 Å². The summed E-state index contributed by atoms with van der Waals surface area (Å²) < 4.78 is 5.12. The van der Waals surface area contributed by atoms with Gasteiger partial charge in [-0.3, -0.25) is 9.59 Å². The number of benzene rings is 2. The molecule has 0 radical (unpaired) electrons. The van der Waals surface area contributed by atoms with Crippen molar-refractivity contribution >= 4 is 40.8 Å². The molecule has 0 spiro atoms. The summed E-state index contributed by atoms with van der Waals surface area (Å²) in [6.07, 6.45) is 0.711. The molecule has 2 rings (SSSR count). The van der Waals surface area contributed by atoms with Crippen LogP contribution in [-0.2, 0) is 20.7 Å². The zero-order chi connectivity index (χ0) is 17.4. The number of hydrogen-bond donors (Lipinski definition) is 1. The van der Waals surface area contributed by atoms with Crippen LogP contribution in [0.5, 0.6) is 0 Å². The average Bonchev–Trinajstić information content (AvgIpc) is 2.53. The fourth-order valence-electron chi connectivity index (χ4n) is 2.06. The van der Waals surface area contributed by atoms with Gasteiger partial charge in [-0.25, -0.2) is 0 Å². The Bertz CT molecular complexity index is 684. The highest BCUT2D eigenvalue weighted by atomic mass is 35.5. The monoisotopic (exact) mass is 365 g/mol. The third kappa shape index (κ3) is 6.60. The molecule has 0 atom stereocenters. The third-order valence-corrected chi connectivity index (χ3v) is 3.64. The third-order valence-electron chi connectivity index (χ3n) is 3.20. The molecule has 4 nitrogen and oxygen atoms in total. The van der Waals surface area contributed by atoms with E-state index in [1.807, 2.05) is 30.3 Å². The Kier molecular flexibility index (Phi) is 7.09. The van der Waals surface area contributed by atoms with Crippen LogP contribution in [0.2, 0.25) is 10.0 Å². The van der Waals surface area contributed by atoms with Gasteiger partial charge in [-0.05, 0) is 23.8 Å². The number of nitrogens with one attached hydrogen (secondary N) is 1. The van der Waals surface area contributed by atoms with E-state index in [0.717, 1.165) is 5.56 Å². The number of esters is 1. The van der Waals surface area contributed by atoms with Crippen molar-refractivity contribution in [1.82, 2.24) is 0 Å². The minimum absolute atomic E-state index is 0.0227. The number of carbonyl (C=O) groups excluding carboxylic acids is 2. The SMILES string of the molecule is O=C(CCC(=O)OCCc1ccccc1)Nc1cc(Cl)cc(Cl)c1. The lowest BCUT2D eigenvalue weighted by Gasteiger charge is -2.07. The maximum absolute atomic E-state index is 11.8. The molecule has 0 saturated heterocycles. The summed E-state index contributed by atoms with van der Waals surface area (Å²) in [5.74, 6) is -0.696. The molecule has 1 N–H and O–H groups in total. The lowest BCUT2D eigenvalue weighted by molar-refractivity contribution is -0.144. The number of hydrogen-bond acceptors (Lipinski definition) is 3. The molecule has 0 unspecified atom stereocenters. The highest BCUT2D eigenvalue weighted by Crippen LogP contribution is 2.22. The van der Waals surface area contributed by atoms with Gasteiger partial charge in [-0.1, -0.05) is 53.5 Å². The molecule has 1 amide bonds. The zero-order valence-electron chi connectivity index (χ0n) is 12.9. The predicted molar refractivity (Wildman–Crippen MR) is 95.4 cm³/mol. The molecule has 0 aliphatic rings. The van der Waals surface area contributed by atoms with E-state index in [9.17, 15) is 9.59 Å². The van der Waals surface area contributed by atoms with Crippen molar-refractivity contribution in [2.45, 2.75) is 19.3 Å². The first-order valence-corrected chi connectivity index (χ1v) is 8.24. The molecule has 6 heteroatoms. The van der Waals surface area contributed by atoms with Gasteiger partial charge in [0.1, 0.15) is 0 Å². The van der Waals surface area contributed by atoms with E-state index < -0.39 is 5.97 Å². The van der Waals surface area contributed by atoms with Crippen LogP contribution in [0.3, 0.4) is 0 Å². The van der Waals surface area contributed by atoms with Gasteiger partial charge >= 0.3 is 5.97 Å². The molecule has 24 heavy (non-hydrogen) atoms. The van der Waals surface area contributed by atoms with Gasteiger partial charge in [0.25, 0.3) is 0 Å². The summed E-state index contributed by atoms with van der Waals surface area (Å²) in [4.78, 5) is 23.5. The fraction of sp³-hybridized carbons (Fsp3) is 0.222. The van der Waals surface area contributed by atoms with Gasteiger partial charge in [0.15, 0.2) is 0 Å². The van der Waals surface area contributed by atoms with Crippen LogP contribution in [0.4, 0.5) is 5.69 Å². The first kappa shape index (κ1) is 18.3. The van der Waals surface area contributed by atoms with Crippen molar-refractivity contribution in [3.05, 3.63) is 64.1 Å². The minimum Gasteiger partial charge on any atom is -0.465 e. The van der Waals surface area contributed by atoms with Crippen molar-refractivity contribution in [2.24, 2.45) is 0 Å². The van der Waals surface area contributed by atoms with E-state index >= 15 is 0 Å². The van der Waals surface area contributed by atoms with Gasteiger partial charge in [0.05, 0.1) is 13.0 Å². The fourth-order valence-corrected chi connectivity index (χ4v) is 2.59. The normalized spacial score (nSPS) is 10.2. The van der Waals surface area contributed by atoms with Gasteiger partial charge in [0, 0.05) is 28.6 Å². The molecule has 0 saturated carbocycles. The predicted octanol–water partition coefficient (Wildman–Crippen LogP) is 4.50. The van der Waals surface area contributed by atoms with Crippen LogP contribution >= 0.6 is 23.2 Å². The summed E-state index contributed by atoms with van der Waals surface area (Å²) in [6, 6.07) is 14.5. The summed E-state index contributed by atoms with van der Waals surface area (Å²) in [5.41, 5.74) is 1.59. The van der Waals surface area contributed by atoms with E-state index in [2.05, 4.69) is 5.32 Å². The van der Waals surface area contributed by atoms with Crippen LogP contribution in [0.15, 0.2) is 48.5 Å². The van der Waals surface area contributed by atoms with Gasteiger partial charge in [0.2, 0.25) is 5.91 Å². The van der Waals surface area contributed by atoms with Crippen LogP contribution in [0.25, 0.3) is 0 Å². The van der Waals surface area contributed by atoms with E-state index in [0.29, 0.717) is 28.8 Å². The average molecular weight is 366 g/mol. The second-order valence-corrected chi connectivity index (χ2v) is 6.04. The second-order valence-electron chi connectivity index (χ2n) is 5.16. The smallest absolute Gasteiger partial charge is 0.306 e. The number of anilines is 1. The molecule has 126 valence electrons. The van der Waals surface area contributed by atoms with Crippen LogP contribution in [0.1, 0.15) is 18.4 Å². The summed E-state index contributed by atoms with van der Waals surface area (Å²) >= 11 is 11.7. The topological polar surface area (TPSA) is 55.4 Å². The first-order valence-electron chi connectivity index (χ1n) is 7.48. The first-order chi connectivity index (χ1) is 11.5. The molecule has 0 bridgehead atoms. The highest BCUT2D eigenvalue weighted by Gasteiger charge is 2.09. The van der Waals surface area contributed by atoms with Crippen molar-refractivity contribution < 1.29 is 14.3 Å². The molecular formula is C18H17Cl2NO3. The Balaban J connectivity index is 1.68. The van der Waals surface area contributed by atoms with Gasteiger partial charge in [-0.2, -0.15) is 0 Å².